The SMILES string of the molecule is Cc1cccn2c(-c3ccc(F)cc3)nc(Br)c12. The van der Waals surface area contributed by atoms with E-state index in [1.165, 1.54) is 12.1 Å². The quantitative estimate of drug-likeness (QED) is 0.658. The van der Waals surface area contributed by atoms with E-state index < -0.39 is 0 Å². The maximum Gasteiger partial charge on any atom is 0.145 e. The molecule has 0 N–H and O–H groups in total. The van der Waals surface area contributed by atoms with Gasteiger partial charge in [0.05, 0.1) is 5.52 Å². The smallest absolute Gasteiger partial charge is 0.145 e. The van der Waals surface area contributed by atoms with Crippen LogP contribution in [0.5, 0.6) is 0 Å². The molecule has 4 heteroatoms. The van der Waals surface area contributed by atoms with Crippen LogP contribution in [0.2, 0.25) is 0 Å². The standard InChI is InChI=1S/C14H10BrFN2/c1-9-3-2-8-18-12(9)13(15)17-14(18)10-4-6-11(16)7-5-10/h2-8H,1H3. The molecule has 0 saturated carbocycles. The Bertz CT molecular complexity index is 716. The van der Waals surface area contributed by atoms with E-state index in [0.717, 1.165) is 27.1 Å². The predicted octanol–water partition coefficient (Wildman–Crippen LogP) is 4.21. The monoisotopic (exact) mass is 304 g/mol. The maximum atomic E-state index is 12.9. The second kappa shape index (κ2) is 4.21. The molecule has 2 aromatic heterocycles. The number of hydrogen-bond donors (Lipinski definition) is 0. The normalized spacial score (nSPS) is 11.1. The number of pyridine rings is 1. The molecule has 3 aromatic rings. The van der Waals surface area contributed by atoms with Crippen LogP contribution in [-0.2, 0) is 0 Å². The summed E-state index contributed by atoms with van der Waals surface area (Å²) in [6, 6.07) is 10.4. The minimum absolute atomic E-state index is 0.241. The number of hydrogen-bond acceptors (Lipinski definition) is 1. The number of halogens is 2. The molecule has 0 unspecified atom stereocenters. The molecule has 0 atom stereocenters. The van der Waals surface area contributed by atoms with Crippen LogP contribution in [-0.4, -0.2) is 9.38 Å². The van der Waals surface area contributed by atoms with Gasteiger partial charge in [0.2, 0.25) is 0 Å². The van der Waals surface area contributed by atoms with Gasteiger partial charge in [-0.05, 0) is 58.7 Å². The Morgan fingerprint density at radius 3 is 2.61 bits per heavy atom. The fraction of sp³-hybridized carbons (Fsp3) is 0.0714. The summed E-state index contributed by atoms with van der Waals surface area (Å²) in [6.45, 7) is 2.04. The van der Waals surface area contributed by atoms with Gasteiger partial charge < -0.3 is 0 Å². The molecule has 0 aliphatic rings. The van der Waals surface area contributed by atoms with Crippen molar-refractivity contribution in [1.82, 2.24) is 9.38 Å². The van der Waals surface area contributed by atoms with E-state index in [1.807, 2.05) is 29.7 Å². The Labute approximate surface area is 112 Å². The van der Waals surface area contributed by atoms with Gasteiger partial charge in [0.1, 0.15) is 16.2 Å². The van der Waals surface area contributed by atoms with E-state index in [4.69, 9.17) is 0 Å². The first-order valence-electron chi connectivity index (χ1n) is 5.56. The molecule has 0 spiro atoms. The topological polar surface area (TPSA) is 17.3 Å². The van der Waals surface area contributed by atoms with E-state index >= 15 is 0 Å². The van der Waals surface area contributed by atoms with Crippen molar-refractivity contribution in [3.63, 3.8) is 0 Å². The second-order valence-corrected chi connectivity index (χ2v) is 4.89. The third-order valence-corrected chi connectivity index (χ3v) is 3.48. The highest BCUT2D eigenvalue weighted by atomic mass is 79.9. The number of rotatable bonds is 1. The highest BCUT2D eigenvalue weighted by molar-refractivity contribution is 9.10. The molecular formula is C14H10BrFN2. The van der Waals surface area contributed by atoms with Crippen molar-refractivity contribution < 1.29 is 4.39 Å². The molecule has 0 aliphatic carbocycles. The minimum Gasteiger partial charge on any atom is -0.298 e. The third-order valence-electron chi connectivity index (χ3n) is 2.93. The molecule has 0 bridgehead atoms. The van der Waals surface area contributed by atoms with E-state index in [9.17, 15) is 4.39 Å². The molecule has 2 heterocycles. The highest BCUT2D eigenvalue weighted by Crippen LogP contribution is 2.27. The van der Waals surface area contributed by atoms with E-state index in [1.54, 1.807) is 12.1 Å². The Morgan fingerprint density at radius 2 is 1.89 bits per heavy atom. The Balaban J connectivity index is 2.30. The number of nitrogens with zero attached hydrogens (tertiary/aromatic N) is 2. The molecule has 2 nitrogen and oxygen atoms in total. The van der Waals surface area contributed by atoms with Gasteiger partial charge in [-0.15, -0.1) is 0 Å². The zero-order valence-corrected chi connectivity index (χ0v) is 11.3. The van der Waals surface area contributed by atoms with Gasteiger partial charge in [-0.2, -0.15) is 0 Å². The van der Waals surface area contributed by atoms with Crippen molar-refractivity contribution in [1.29, 1.82) is 0 Å². The third kappa shape index (κ3) is 1.73. The molecule has 18 heavy (non-hydrogen) atoms. The van der Waals surface area contributed by atoms with Crippen molar-refractivity contribution in [2.45, 2.75) is 6.92 Å². The fourth-order valence-corrected chi connectivity index (χ4v) is 2.73. The predicted molar refractivity (Wildman–Crippen MR) is 73.0 cm³/mol. The summed E-state index contributed by atoms with van der Waals surface area (Å²) >= 11 is 3.47. The molecule has 3 rings (SSSR count). The van der Waals surface area contributed by atoms with Crippen LogP contribution >= 0.6 is 15.9 Å². The van der Waals surface area contributed by atoms with Gasteiger partial charge in [0, 0.05) is 11.8 Å². The van der Waals surface area contributed by atoms with Crippen LogP contribution in [0, 0.1) is 12.7 Å². The van der Waals surface area contributed by atoms with Crippen LogP contribution < -0.4 is 0 Å². The lowest BCUT2D eigenvalue weighted by molar-refractivity contribution is 0.628. The lowest BCUT2D eigenvalue weighted by Crippen LogP contribution is -1.90. The van der Waals surface area contributed by atoms with Crippen molar-refractivity contribution in [2.24, 2.45) is 0 Å². The van der Waals surface area contributed by atoms with Gasteiger partial charge in [0.25, 0.3) is 0 Å². The van der Waals surface area contributed by atoms with Crippen LogP contribution in [0.4, 0.5) is 4.39 Å². The van der Waals surface area contributed by atoms with Crippen molar-refractivity contribution in [3.05, 3.63) is 58.6 Å². The average molecular weight is 305 g/mol. The summed E-state index contributed by atoms with van der Waals surface area (Å²) in [5, 5.41) is 0. The summed E-state index contributed by atoms with van der Waals surface area (Å²) in [6.07, 6.45) is 1.96. The second-order valence-electron chi connectivity index (χ2n) is 4.14. The maximum absolute atomic E-state index is 12.9. The highest BCUT2D eigenvalue weighted by Gasteiger charge is 2.12. The van der Waals surface area contributed by atoms with Gasteiger partial charge in [-0.1, -0.05) is 6.07 Å². The largest absolute Gasteiger partial charge is 0.298 e. The van der Waals surface area contributed by atoms with Crippen LogP contribution in [0.25, 0.3) is 16.9 Å². The lowest BCUT2D eigenvalue weighted by Gasteiger charge is -2.02. The van der Waals surface area contributed by atoms with Gasteiger partial charge in [-0.25, -0.2) is 9.37 Å². The molecule has 1 aromatic carbocycles. The zero-order valence-electron chi connectivity index (χ0n) is 9.69. The van der Waals surface area contributed by atoms with Crippen molar-refractivity contribution in [2.75, 3.05) is 0 Å². The minimum atomic E-state index is -0.241. The molecular weight excluding hydrogens is 295 g/mol. The molecule has 0 fully saturated rings. The van der Waals surface area contributed by atoms with E-state index in [2.05, 4.69) is 20.9 Å². The Morgan fingerprint density at radius 1 is 1.17 bits per heavy atom. The molecule has 0 amide bonds. The summed E-state index contributed by atoms with van der Waals surface area (Å²) in [7, 11) is 0. The Kier molecular flexibility index (Phi) is 2.67. The summed E-state index contributed by atoms with van der Waals surface area (Å²) in [5.74, 6) is 0.565. The number of imidazole rings is 1. The van der Waals surface area contributed by atoms with E-state index in [-0.39, 0.29) is 5.82 Å². The number of aryl methyl sites for hydroxylation is 1. The average Bonchev–Trinajstić information content (AvgIpc) is 2.69. The van der Waals surface area contributed by atoms with Gasteiger partial charge in [-0.3, -0.25) is 4.40 Å². The van der Waals surface area contributed by atoms with Crippen LogP contribution in [0.15, 0.2) is 47.2 Å². The summed E-state index contributed by atoms with van der Waals surface area (Å²) in [5.41, 5.74) is 3.07. The molecule has 90 valence electrons. The first-order chi connectivity index (χ1) is 8.66. The van der Waals surface area contributed by atoms with Crippen LogP contribution in [0.1, 0.15) is 5.56 Å². The number of aromatic nitrogens is 2. The van der Waals surface area contributed by atoms with E-state index in [0.29, 0.717) is 0 Å². The first kappa shape index (κ1) is 11.4. The first-order valence-corrected chi connectivity index (χ1v) is 6.35. The van der Waals surface area contributed by atoms with Gasteiger partial charge in [0.15, 0.2) is 0 Å². The molecule has 0 radical (unpaired) electrons. The molecule has 0 saturated heterocycles. The number of benzene rings is 1. The fourth-order valence-electron chi connectivity index (χ4n) is 2.06. The zero-order chi connectivity index (χ0) is 12.7. The van der Waals surface area contributed by atoms with Crippen LogP contribution in [0.3, 0.4) is 0 Å². The Hall–Kier alpha value is -1.68. The number of fused-ring (bicyclic) bond motifs is 1. The lowest BCUT2D eigenvalue weighted by atomic mass is 10.2. The summed E-state index contributed by atoms with van der Waals surface area (Å²) in [4.78, 5) is 4.51. The van der Waals surface area contributed by atoms with Crippen molar-refractivity contribution >= 4 is 21.4 Å². The van der Waals surface area contributed by atoms with Crippen molar-refractivity contribution in [3.8, 4) is 11.4 Å². The molecule has 0 aliphatic heterocycles. The van der Waals surface area contributed by atoms with Gasteiger partial charge >= 0.3 is 0 Å². The summed E-state index contributed by atoms with van der Waals surface area (Å²) < 4.78 is 15.8.